The molecule has 0 aliphatic heterocycles. The number of hydrogen-bond acceptors (Lipinski definition) is 0. The second-order valence-corrected chi connectivity index (χ2v) is 3.03. The first-order valence-electron chi connectivity index (χ1n) is 4.25. The van der Waals surface area contributed by atoms with E-state index in [0.717, 1.165) is 5.56 Å². The van der Waals surface area contributed by atoms with Crippen LogP contribution in [0.1, 0.15) is 12.0 Å². The van der Waals surface area contributed by atoms with Gasteiger partial charge >= 0.3 is 6.18 Å². The fourth-order valence-corrected chi connectivity index (χ4v) is 1.10. The summed E-state index contributed by atoms with van der Waals surface area (Å²) in [6.45, 7) is 0. The van der Waals surface area contributed by atoms with Gasteiger partial charge in [0.1, 0.15) is 0 Å². The fourth-order valence-electron chi connectivity index (χ4n) is 1.10. The Morgan fingerprint density at radius 2 is 1.64 bits per heavy atom. The normalized spacial score (nSPS) is 14.0. The van der Waals surface area contributed by atoms with Crippen LogP contribution in [0.4, 0.5) is 17.6 Å². The molecule has 1 atom stereocenters. The molecule has 0 spiro atoms. The van der Waals surface area contributed by atoms with Crippen molar-refractivity contribution in [2.75, 3.05) is 0 Å². The van der Waals surface area contributed by atoms with Crippen LogP contribution in [0.2, 0.25) is 0 Å². The third-order valence-electron chi connectivity index (χ3n) is 1.88. The first kappa shape index (κ1) is 11.0. The van der Waals surface area contributed by atoms with E-state index in [1.54, 1.807) is 30.3 Å². The maximum atomic E-state index is 12.5. The minimum atomic E-state index is -4.73. The van der Waals surface area contributed by atoms with Crippen LogP contribution in [0.3, 0.4) is 0 Å². The van der Waals surface area contributed by atoms with E-state index < -0.39 is 18.8 Å². The van der Waals surface area contributed by atoms with Crippen molar-refractivity contribution in [3.05, 3.63) is 35.9 Å². The largest absolute Gasteiger partial charge is 0.419 e. The molecule has 78 valence electrons. The van der Waals surface area contributed by atoms with Gasteiger partial charge < -0.3 is 0 Å². The van der Waals surface area contributed by atoms with Gasteiger partial charge in [0.15, 0.2) is 6.17 Å². The van der Waals surface area contributed by atoms with Gasteiger partial charge in [-0.2, -0.15) is 13.2 Å². The van der Waals surface area contributed by atoms with Gasteiger partial charge in [-0.1, -0.05) is 30.3 Å². The van der Waals surface area contributed by atoms with Gasteiger partial charge in [0.05, 0.1) is 0 Å². The Morgan fingerprint density at radius 3 is 2.14 bits per heavy atom. The molecule has 0 radical (unpaired) electrons. The lowest BCUT2D eigenvalue weighted by molar-refractivity contribution is -0.181. The van der Waals surface area contributed by atoms with E-state index in [2.05, 4.69) is 0 Å². The third kappa shape index (κ3) is 3.36. The van der Waals surface area contributed by atoms with E-state index in [4.69, 9.17) is 0 Å². The molecule has 0 aromatic heterocycles. The summed E-state index contributed by atoms with van der Waals surface area (Å²) < 4.78 is 47.8. The molecule has 4 heteroatoms. The lowest BCUT2D eigenvalue weighted by Crippen LogP contribution is -2.24. The Labute approximate surface area is 79.6 Å². The van der Waals surface area contributed by atoms with E-state index in [-0.39, 0.29) is 6.42 Å². The molecule has 1 aromatic carbocycles. The monoisotopic (exact) mass is 206 g/mol. The number of aryl methyl sites for hydroxylation is 1. The molecule has 0 nitrogen and oxygen atoms in total. The molecule has 0 bridgehead atoms. The molecule has 0 saturated carbocycles. The van der Waals surface area contributed by atoms with Gasteiger partial charge in [-0.05, 0) is 18.4 Å². The van der Waals surface area contributed by atoms with Gasteiger partial charge in [0.25, 0.3) is 0 Å². The first-order valence-corrected chi connectivity index (χ1v) is 4.25. The van der Waals surface area contributed by atoms with Crippen molar-refractivity contribution in [3.8, 4) is 0 Å². The molecule has 1 rings (SSSR count). The van der Waals surface area contributed by atoms with Gasteiger partial charge in [-0.25, -0.2) is 4.39 Å². The SMILES string of the molecule is FC(CCc1ccccc1)C(F)(F)F. The smallest absolute Gasteiger partial charge is 0.237 e. The molecular weight excluding hydrogens is 196 g/mol. The van der Waals surface area contributed by atoms with Crippen molar-refractivity contribution in [3.63, 3.8) is 0 Å². The maximum Gasteiger partial charge on any atom is 0.419 e. The van der Waals surface area contributed by atoms with Crippen molar-refractivity contribution in [2.24, 2.45) is 0 Å². The summed E-state index contributed by atoms with van der Waals surface area (Å²) in [6, 6.07) is 8.57. The van der Waals surface area contributed by atoms with Crippen LogP contribution in [-0.4, -0.2) is 12.3 Å². The number of halogens is 4. The molecule has 0 aliphatic rings. The Hall–Kier alpha value is -1.06. The third-order valence-corrected chi connectivity index (χ3v) is 1.88. The molecule has 0 amide bonds. The van der Waals surface area contributed by atoms with Crippen LogP contribution in [0, 0.1) is 0 Å². The van der Waals surface area contributed by atoms with Crippen molar-refractivity contribution < 1.29 is 17.6 Å². The first-order chi connectivity index (χ1) is 6.50. The quantitative estimate of drug-likeness (QED) is 0.664. The highest BCUT2D eigenvalue weighted by Gasteiger charge is 2.39. The van der Waals surface area contributed by atoms with Crippen molar-refractivity contribution in [1.82, 2.24) is 0 Å². The molecule has 1 aromatic rings. The number of hydrogen-bond donors (Lipinski definition) is 0. The zero-order valence-corrected chi connectivity index (χ0v) is 7.39. The van der Waals surface area contributed by atoms with Gasteiger partial charge in [0, 0.05) is 0 Å². The second kappa shape index (κ2) is 4.44. The van der Waals surface area contributed by atoms with E-state index in [1.165, 1.54) is 0 Å². The predicted molar refractivity (Wildman–Crippen MR) is 45.7 cm³/mol. The van der Waals surface area contributed by atoms with Crippen LogP contribution < -0.4 is 0 Å². The van der Waals surface area contributed by atoms with Gasteiger partial charge in [0.2, 0.25) is 0 Å². The molecule has 0 fully saturated rings. The Bertz CT molecular complexity index is 265. The molecule has 14 heavy (non-hydrogen) atoms. The highest BCUT2D eigenvalue weighted by Crippen LogP contribution is 2.26. The summed E-state index contributed by atoms with van der Waals surface area (Å²) in [6.07, 6.45) is -7.84. The standard InChI is InChI=1S/C10H10F4/c11-9(10(12,13)14)7-6-8-4-2-1-3-5-8/h1-5,9H,6-7H2. The summed E-state index contributed by atoms with van der Waals surface area (Å²) in [5.41, 5.74) is 0.722. The molecule has 0 aliphatic carbocycles. The minimum Gasteiger partial charge on any atom is -0.237 e. The highest BCUT2D eigenvalue weighted by molar-refractivity contribution is 5.14. The Balaban J connectivity index is 2.42. The zero-order valence-electron chi connectivity index (χ0n) is 7.39. The van der Waals surface area contributed by atoms with Crippen LogP contribution in [-0.2, 0) is 6.42 Å². The summed E-state index contributed by atoms with van der Waals surface area (Å²) >= 11 is 0. The molecule has 0 N–H and O–H groups in total. The number of alkyl halides is 4. The Kier molecular flexibility index (Phi) is 3.49. The second-order valence-electron chi connectivity index (χ2n) is 3.03. The zero-order chi connectivity index (χ0) is 10.6. The topological polar surface area (TPSA) is 0 Å². The molecular formula is C10H10F4. The van der Waals surface area contributed by atoms with Crippen molar-refractivity contribution in [2.45, 2.75) is 25.2 Å². The maximum absolute atomic E-state index is 12.5. The summed E-state index contributed by atoms with van der Waals surface area (Å²) in [5.74, 6) is 0. The van der Waals surface area contributed by atoms with E-state index >= 15 is 0 Å². The highest BCUT2D eigenvalue weighted by atomic mass is 19.4. The number of rotatable bonds is 3. The van der Waals surface area contributed by atoms with Crippen LogP contribution in [0.5, 0.6) is 0 Å². The molecule has 0 heterocycles. The summed E-state index contributed by atoms with van der Waals surface area (Å²) in [4.78, 5) is 0. The summed E-state index contributed by atoms with van der Waals surface area (Å²) in [5, 5.41) is 0. The summed E-state index contributed by atoms with van der Waals surface area (Å²) in [7, 11) is 0. The average Bonchev–Trinajstić information content (AvgIpc) is 2.14. The average molecular weight is 206 g/mol. The van der Waals surface area contributed by atoms with Crippen molar-refractivity contribution in [1.29, 1.82) is 0 Å². The lowest BCUT2D eigenvalue weighted by Gasteiger charge is -2.11. The van der Waals surface area contributed by atoms with Crippen molar-refractivity contribution >= 4 is 0 Å². The molecule has 0 saturated heterocycles. The van der Waals surface area contributed by atoms with E-state index in [0.29, 0.717) is 0 Å². The number of benzene rings is 1. The van der Waals surface area contributed by atoms with Crippen LogP contribution >= 0.6 is 0 Å². The predicted octanol–water partition coefficient (Wildman–Crippen LogP) is 3.52. The molecule has 1 unspecified atom stereocenters. The van der Waals surface area contributed by atoms with Crippen LogP contribution in [0.15, 0.2) is 30.3 Å². The Morgan fingerprint density at radius 1 is 1.07 bits per heavy atom. The van der Waals surface area contributed by atoms with E-state index in [1.807, 2.05) is 0 Å². The van der Waals surface area contributed by atoms with Gasteiger partial charge in [-0.3, -0.25) is 0 Å². The van der Waals surface area contributed by atoms with Crippen LogP contribution in [0.25, 0.3) is 0 Å². The minimum absolute atomic E-state index is 0.113. The van der Waals surface area contributed by atoms with Gasteiger partial charge in [-0.15, -0.1) is 0 Å². The van der Waals surface area contributed by atoms with E-state index in [9.17, 15) is 17.6 Å². The lowest BCUT2D eigenvalue weighted by atomic mass is 10.1. The fraction of sp³-hybridized carbons (Fsp3) is 0.400.